The van der Waals surface area contributed by atoms with Gasteiger partial charge >= 0.3 is 0 Å². The van der Waals surface area contributed by atoms with Crippen LogP contribution in [0.1, 0.15) is 16.8 Å². The number of thioether (sulfide) groups is 1. The molecule has 4 nitrogen and oxygen atoms in total. The van der Waals surface area contributed by atoms with Crippen LogP contribution < -0.4 is 5.56 Å². The van der Waals surface area contributed by atoms with Gasteiger partial charge in [-0.25, -0.2) is 9.97 Å². The lowest BCUT2D eigenvalue weighted by atomic mass is 10.1. The van der Waals surface area contributed by atoms with Crippen molar-refractivity contribution in [3.05, 3.63) is 81.8 Å². The second-order valence-corrected chi connectivity index (χ2v) is 8.82. The molecule has 6 heteroatoms. The first-order chi connectivity index (χ1) is 13.6. The van der Waals surface area contributed by atoms with Gasteiger partial charge < -0.3 is 0 Å². The van der Waals surface area contributed by atoms with Crippen molar-refractivity contribution in [2.45, 2.75) is 24.6 Å². The second-order valence-electron chi connectivity index (χ2n) is 6.81. The maximum absolute atomic E-state index is 12.7. The van der Waals surface area contributed by atoms with E-state index in [1.165, 1.54) is 16.5 Å². The number of aryl methyl sites for hydroxylation is 2. The summed E-state index contributed by atoms with van der Waals surface area (Å²) in [7, 11) is 0. The van der Waals surface area contributed by atoms with E-state index in [0.29, 0.717) is 5.75 Å². The summed E-state index contributed by atoms with van der Waals surface area (Å²) < 4.78 is 2.76. The third kappa shape index (κ3) is 2.89. The van der Waals surface area contributed by atoms with E-state index >= 15 is 0 Å². The third-order valence-corrected chi connectivity index (χ3v) is 6.81. The number of nitrogens with zero attached hydrogens (tertiary/aromatic N) is 3. The van der Waals surface area contributed by atoms with Crippen LogP contribution >= 0.6 is 23.1 Å². The van der Waals surface area contributed by atoms with Crippen LogP contribution in [0.25, 0.3) is 26.1 Å². The number of thiazole rings is 1. The zero-order valence-corrected chi connectivity index (χ0v) is 17.1. The fraction of sp³-hybridized carbons (Fsp3) is 0.136. The van der Waals surface area contributed by atoms with E-state index in [1.807, 2.05) is 24.3 Å². The van der Waals surface area contributed by atoms with Crippen molar-refractivity contribution < 1.29 is 0 Å². The first-order valence-electron chi connectivity index (χ1n) is 9.00. The molecule has 28 heavy (non-hydrogen) atoms. The maximum Gasteiger partial charge on any atom is 0.259 e. The number of hydrogen-bond acceptors (Lipinski definition) is 5. The first-order valence-corrected chi connectivity index (χ1v) is 10.8. The number of fused-ring (bicyclic) bond motifs is 4. The van der Waals surface area contributed by atoms with Gasteiger partial charge in [0.15, 0.2) is 4.96 Å². The number of para-hydroxylation sites is 2. The normalized spacial score (nSPS) is 11.6. The number of aromatic nitrogens is 3. The lowest BCUT2D eigenvalue weighted by Gasteiger charge is -2.08. The molecule has 0 radical (unpaired) electrons. The van der Waals surface area contributed by atoms with Crippen molar-refractivity contribution in [1.82, 2.24) is 14.4 Å². The van der Waals surface area contributed by atoms with Gasteiger partial charge in [0.1, 0.15) is 0 Å². The standard InChI is InChI=1S/C22H17N3OS2/c1-13-6-5-7-16-14(2)10-19(24-21(13)16)27-12-15-11-20(26)25-17-8-3-4-9-18(17)28-22(25)23-15/h3-11H,12H2,1-2H3. The van der Waals surface area contributed by atoms with Gasteiger partial charge in [-0.3, -0.25) is 9.20 Å². The molecule has 5 aromatic rings. The molecule has 0 N–H and O–H groups in total. The van der Waals surface area contributed by atoms with Crippen LogP contribution in [0.2, 0.25) is 0 Å². The fourth-order valence-corrected chi connectivity index (χ4v) is 5.36. The van der Waals surface area contributed by atoms with Gasteiger partial charge in [-0.2, -0.15) is 0 Å². The van der Waals surface area contributed by atoms with Gasteiger partial charge in [-0.05, 0) is 43.2 Å². The fourth-order valence-electron chi connectivity index (χ4n) is 3.45. The lowest BCUT2D eigenvalue weighted by Crippen LogP contribution is -2.13. The Bertz CT molecular complexity index is 1420. The van der Waals surface area contributed by atoms with E-state index < -0.39 is 0 Å². The summed E-state index contributed by atoms with van der Waals surface area (Å²) >= 11 is 3.16. The minimum absolute atomic E-state index is 0.0310. The quantitative estimate of drug-likeness (QED) is 0.380. The Morgan fingerprint density at radius 2 is 1.86 bits per heavy atom. The molecule has 0 spiro atoms. The third-order valence-electron chi connectivity index (χ3n) is 4.84. The van der Waals surface area contributed by atoms with Crippen LogP contribution in [0.15, 0.2) is 64.4 Å². The smallest absolute Gasteiger partial charge is 0.259 e. The van der Waals surface area contributed by atoms with Crippen molar-refractivity contribution in [3.63, 3.8) is 0 Å². The minimum Gasteiger partial charge on any atom is -0.269 e. The highest BCUT2D eigenvalue weighted by atomic mass is 32.2. The highest BCUT2D eigenvalue weighted by Crippen LogP contribution is 2.28. The summed E-state index contributed by atoms with van der Waals surface area (Å²) in [4.78, 5) is 23.0. The summed E-state index contributed by atoms with van der Waals surface area (Å²) in [5.74, 6) is 0.615. The topological polar surface area (TPSA) is 47.3 Å². The molecule has 0 aliphatic heterocycles. The molecule has 0 fully saturated rings. The van der Waals surface area contributed by atoms with Gasteiger partial charge in [0.05, 0.1) is 26.5 Å². The maximum atomic E-state index is 12.7. The molecule has 5 rings (SSSR count). The van der Waals surface area contributed by atoms with Crippen LogP contribution in [0.4, 0.5) is 0 Å². The van der Waals surface area contributed by atoms with Crippen molar-refractivity contribution in [2.75, 3.05) is 0 Å². The zero-order valence-electron chi connectivity index (χ0n) is 15.5. The van der Waals surface area contributed by atoms with Gasteiger partial charge in [0.25, 0.3) is 5.56 Å². The molecule has 3 aromatic heterocycles. The Hall–Kier alpha value is -2.70. The average Bonchev–Trinajstić information content (AvgIpc) is 3.06. The molecular weight excluding hydrogens is 386 g/mol. The molecule has 0 unspecified atom stereocenters. The highest BCUT2D eigenvalue weighted by Gasteiger charge is 2.11. The van der Waals surface area contributed by atoms with Gasteiger partial charge in [0, 0.05) is 17.2 Å². The molecule has 0 aliphatic rings. The molecule has 0 amide bonds. The van der Waals surface area contributed by atoms with Crippen LogP contribution in [-0.4, -0.2) is 14.4 Å². The van der Waals surface area contributed by atoms with Gasteiger partial charge in [-0.1, -0.05) is 53.4 Å². The van der Waals surface area contributed by atoms with Crippen LogP contribution in [-0.2, 0) is 5.75 Å². The predicted molar refractivity (Wildman–Crippen MR) is 118 cm³/mol. The molecule has 2 aromatic carbocycles. The Labute approximate surface area is 169 Å². The Balaban J connectivity index is 1.51. The van der Waals surface area contributed by atoms with Gasteiger partial charge in [-0.15, -0.1) is 0 Å². The molecule has 138 valence electrons. The minimum atomic E-state index is -0.0310. The molecular formula is C22H17N3OS2. The first kappa shape index (κ1) is 17.4. The Morgan fingerprint density at radius 3 is 2.75 bits per heavy atom. The lowest BCUT2D eigenvalue weighted by molar-refractivity contribution is 1.06. The van der Waals surface area contributed by atoms with E-state index in [0.717, 1.165) is 31.4 Å². The molecule has 0 saturated carbocycles. The summed E-state index contributed by atoms with van der Waals surface area (Å²) in [6.45, 7) is 4.20. The van der Waals surface area contributed by atoms with Crippen LogP contribution in [0.5, 0.6) is 0 Å². The SMILES string of the molecule is Cc1cc(SCc2cc(=O)n3c(n2)sc2ccccc23)nc2c(C)cccc12. The van der Waals surface area contributed by atoms with E-state index in [9.17, 15) is 4.79 Å². The Kier molecular flexibility index (Phi) is 4.18. The van der Waals surface area contributed by atoms with Gasteiger partial charge in [0.2, 0.25) is 0 Å². The monoisotopic (exact) mass is 403 g/mol. The number of hydrogen-bond donors (Lipinski definition) is 0. The molecule has 0 saturated heterocycles. The molecule has 3 heterocycles. The van der Waals surface area contributed by atoms with Crippen LogP contribution in [0, 0.1) is 13.8 Å². The number of benzene rings is 2. The Morgan fingerprint density at radius 1 is 1.00 bits per heavy atom. The van der Waals surface area contributed by atoms with Crippen molar-refractivity contribution in [3.8, 4) is 0 Å². The molecule has 0 bridgehead atoms. The predicted octanol–water partition coefficient (Wildman–Crippen LogP) is 5.37. The number of rotatable bonds is 3. The number of pyridine rings is 1. The van der Waals surface area contributed by atoms with E-state index in [4.69, 9.17) is 9.97 Å². The largest absolute Gasteiger partial charge is 0.269 e. The van der Waals surface area contributed by atoms with E-state index in [2.05, 4.69) is 38.1 Å². The zero-order chi connectivity index (χ0) is 19.3. The van der Waals surface area contributed by atoms with Crippen molar-refractivity contribution in [2.24, 2.45) is 0 Å². The average molecular weight is 404 g/mol. The van der Waals surface area contributed by atoms with E-state index in [-0.39, 0.29) is 5.56 Å². The summed E-state index contributed by atoms with van der Waals surface area (Å²) in [5, 5.41) is 2.14. The summed E-state index contributed by atoms with van der Waals surface area (Å²) in [5.41, 5.74) is 5.09. The molecule has 0 aliphatic carbocycles. The van der Waals surface area contributed by atoms with Crippen LogP contribution in [0.3, 0.4) is 0 Å². The second kappa shape index (κ2) is 6.72. The molecule has 0 atom stereocenters. The van der Waals surface area contributed by atoms with E-state index in [1.54, 1.807) is 33.6 Å². The summed E-state index contributed by atoms with van der Waals surface area (Å²) in [6, 6.07) is 17.9. The van der Waals surface area contributed by atoms with Crippen molar-refractivity contribution >= 4 is 49.2 Å². The summed E-state index contributed by atoms with van der Waals surface area (Å²) in [6.07, 6.45) is 0. The highest BCUT2D eigenvalue weighted by molar-refractivity contribution is 7.98. The van der Waals surface area contributed by atoms with Crippen molar-refractivity contribution in [1.29, 1.82) is 0 Å².